The van der Waals surface area contributed by atoms with E-state index >= 15 is 0 Å². The van der Waals surface area contributed by atoms with Crippen LogP contribution >= 0.6 is 0 Å². The first kappa shape index (κ1) is 15.7. The molecule has 0 bridgehead atoms. The smallest absolute Gasteiger partial charge is 0.324 e. The molecule has 1 N–H and O–H groups in total. The molecule has 2 aliphatic rings. The average molecular weight is 283 g/mol. The van der Waals surface area contributed by atoms with Crippen molar-refractivity contribution in [3.63, 3.8) is 0 Å². The van der Waals surface area contributed by atoms with Gasteiger partial charge in [-0.25, -0.2) is 0 Å². The maximum absolute atomic E-state index is 11.8. The standard InChI is InChI=1S/C15H29N3O2/c1-17-8-6-12(7-9-17)10-18(2)11-14(15(19)20-3)16-13-4-5-13/h12-14,16H,4-11H2,1-3H3. The third kappa shape index (κ3) is 5.04. The first-order valence-electron chi connectivity index (χ1n) is 7.79. The maximum Gasteiger partial charge on any atom is 0.324 e. The summed E-state index contributed by atoms with van der Waals surface area (Å²) in [6.45, 7) is 4.21. The monoisotopic (exact) mass is 283 g/mol. The van der Waals surface area contributed by atoms with Crippen LogP contribution in [0.4, 0.5) is 0 Å². The van der Waals surface area contributed by atoms with Crippen LogP contribution in [0.25, 0.3) is 0 Å². The predicted molar refractivity (Wildman–Crippen MR) is 79.7 cm³/mol. The molecule has 1 aliphatic carbocycles. The molecule has 2 fully saturated rings. The summed E-state index contributed by atoms with van der Waals surface area (Å²) in [5.41, 5.74) is 0. The first-order chi connectivity index (χ1) is 9.58. The minimum Gasteiger partial charge on any atom is -0.468 e. The average Bonchev–Trinajstić information content (AvgIpc) is 3.23. The van der Waals surface area contributed by atoms with Crippen LogP contribution in [-0.2, 0) is 9.53 Å². The number of ether oxygens (including phenoxy) is 1. The van der Waals surface area contributed by atoms with Crippen molar-refractivity contribution in [1.29, 1.82) is 0 Å². The molecule has 5 heteroatoms. The van der Waals surface area contributed by atoms with Crippen molar-refractivity contribution in [3.8, 4) is 0 Å². The van der Waals surface area contributed by atoms with E-state index in [1.165, 1.54) is 45.9 Å². The Morgan fingerprint density at radius 2 is 2.00 bits per heavy atom. The quantitative estimate of drug-likeness (QED) is 0.692. The summed E-state index contributed by atoms with van der Waals surface area (Å²) in [4.78, 5) is 16.5. The minimum atomic E-state index is -0.177. The SMILES string of the molecule is COC(=O)C(CN(C)CC1CCN(C)CC1)NC1CC1. The Morgan fingerprint density at radius 3 is 2.55 bits per heavy atom. The Kier molecular flexibility index (Phi) is 5.81. The van der Waals surface area contributed by atoms with Crippen LogP contribution in [-0.4, -0.2) is 75.2 Å². The molecule has 0 aromatic carbocycles. The molecule has 0 aromatic rings. The molecular formula is C15H29N3O2. The van der Waals surface area contributed by atoms with Gasteiger partial charge in [0.25, 0.3) is 0 Å². The molecule has 0 radical (unpaired) electrons. The fraction of sp³-hybridized carbons (Fsp3) is 0.933. The second-order valence-electron chi connectivity index (χ2n) is 6.48. The Labute approximate surface area is 122 Å². The summed E-state index contributed by atoms with van der Waals surface area (Å²) in [6, 6.07) is 0.347. The third-order valence-corrected chi connectivity index (χ3v) is 4.40. The van der Waals surface area contributed by atoms with Gasteiger partial charge in [0.1, 0.15) is 6.04 Å². The molecule has 1 aliphatic heterocycles. The first-order valence-corrected chi connectivity index (χ1v) is 7.79. The van der Waals surface area contributed by atoms with Crippen LogP contribution < -0.4 is 5.32 Å². The van der Waals surface area contributed by atoms with E-state index in [0.29, 0.717) is 6.04 Å². The summed E-state index contributed by atoms with van der Waals surface area (Å²) >= 11 is 0. The van der Waals surface area contributed by atoms with Crippen molar-refractivity contribution in [2.24, 2.45) is 5.92 Å². The number of piperidine rings is 1. The molecule has 0 spiro atoms. The second kappa shape index (κ2) is 7.38. The summed E-state index contributed by atoms with van der Waals surface area (Å²) < 4.78 is 4.91. The van der Waals surface area contributed by atoms with Gasteiger partial charge < -0.3 is 19.9 Å². The zero-order chi connectivity index (χ0) is 14.5. The summed E-state index contributed by atoms with van der Waals surface area (Å²) in [6.07, 6.45) is 4.90. The number of likely N-dealkylation sites (N-methyl/N-ethyl adjacent to an activating group) is 1. The van der Waals surface area contributed by atoms with Gasteiger partial charge in [0.15, 0.2) is 0 Å². The molecule has 20 heavy (non-hydrogen) atoms. The largest absolute Gasteiger partial charge is 0.468 e. The lowest BCUT2D eigenvalue weighted by molar-refractivity contribution is -0.143. The Bertz CT molecular complexity index is 312. The van der Waals surface area contributed by atoms with Crippen molar-refractivity contribution in [3.05, 3.63) is 0 Å². The summed E-state index contributed by atoms with van der Waals surface area (Å²) in [7, 11) is 5.77. The van der Waals surface area contributed by atoms with E-state index in [2.05, 4.69) is 29.2 Å². The van der Waals surface area contributed by atoms with Gasteiger partial charge in [-0.05, 0) is 58.8 Å². The lowest BCUT2D eigenvalue weighted by atomic mass is 9.96. The molecule has 0 amide bonds. The number of methoxy groups -OCH3 is 1. The van der Waals surface area contributed by atoms with Gasteiger partial charge in [-0.2, -0.15) is 0 Å². The minimum absolute atomic E-state index is 0.132. The van der Waals surface area contributed by atoms with E-state index in [-0.39, 0.29) is 12.0 Å². The summed E-state index contributed by atoms with van der Waals surface area (Å²) in [5.74, 6) is 0.627. The number of hydrogen-bond acceptors (Lipinski definition) is 5. The van der Waals surface area contributed by atoms with E-state index in [4.69, 9.17) is 4.74 Å². The number of carbonyl (C=O) groups is 1. The highest BCUT2D eigenvalue weighted by atomic mass is 16.5. The zero-order valence-corrected chi connectivity index (χ0v) is 13.1. The predicted octanol–water partition coefficient (Wildman–Crippen LogP) is 0.554. The lowest BCUT2D eigenvalue weighted by Gasteiger charge is -2.32. The van der Waals surface area contributed by atoms with Crippen LogP contribution in [0.1, 0.15) is 25.7 Å². The van der Waals surface area contributed by atoms with Gasteiger partial charge in [0.05, 0.1) is 7.11 Å². The van der Waals surface area contributed by atoms with E-state index < -0.39 is 0 Å². The molecule has 1 atom stereocenters. The van der Waals surface area contributed by atoms with Gasteiger partial charge in [-0.3, -0.25) is 4.79 Å². The van der Waals surface area contributed by atoms with Crippen LogP contribution in [0.15, 0.2) is 0 Å². The molecule has 0 aromatic heterocycles. The zero-order valence-electron chi connectivity index (χ0n) is 13.1. The van der Waals surface area contributed by atoms with Crippen molar-refractivity contribution >= 4 is 5.97 Å². The fourth-order valence-electron chi connectivity index (χ4n) is 2.94. The Morgan fingerprint density at radius 1 is 1.35 bits per heavy atom. The number of hydrogen-bond donors (Lipinski definition) is 1. The molecule has 5 nitrogen and oxygen atoms in total. The molecule has 2 rings (SSSR count). The molecule has 1 saturated carbocycles. The number of nitrogens with zero attached hydrogens (tertiary/aromatic N) is 2. The topological polar surface area (TPSA) is 44.8 Å². The number of nitrogens with one attached hydrogen (secondary N) is 1. The number of esters is 1. The second-order valence-corrected chi connectivity index (χ2v) is 6.48. The highest BCUT2D eigenvalue weighted by Gasteiger charge is 2.30. The Hall–Kier alpha value is -0.650. The maximum atomic E-state index is 11.8. The number of carbonyl (C=O) groups excluding carboxylic acids is 1. The van der Waals surface area contributed by atoms with Crippen molar-refractivity contribution in [1.82, 2.24) is 15.1 Å². The van der Waals surface area contributed by atoms with Gasteiger partial charge >= 0.3 is 5.97 Å². The van der Waals surface area contributed by atoms with Crippen molar-refractivity contribution in [2.45, 2.75) is 37.8 Å². The molecule has 1 saturated heterocycles. The van der Waals surface area contributed by atoms with Crippen LogP contribution in [0.2, 0.25) is 0 Å². The number of rotatable bonds is 7. The number of likely N-dealkylation sites (tertiary alicyclic amines) is 1. The highest BCUT2D eigenvalue weighted by molar-refractivity contribution is 5.76. The molecule has 116 valence electrons. The van der Waals surface area contributed by atoms with E-state index in [1.54, 1.807) is 0 Å². The van der Waals surface area contributed by atoms with Gasteiger partial charge in [0.2, 0.25) is 0 Å². The van der Waals surface area contributed by atoms with Gasteiger partial charge in [-0.1, -0.05) is 0 Å². The Balaban J connectivity index is 1.75. The van der Waals surface area contributed by atoms with Gasteiger partial charge in [-0.15, -0.1) is 0 Å². The van der Waals surface area contributed by atoms with Crippen LogP contribution in [0.5, 0.6) is 0 Å². The fourth-order valence-corrected chi connectivity index (χ4v) is 2.94. The van der Waals surface area contributed by atoms with E-state index in [9.17, 15) is 4.79 Å². The van der Waals surface area contributed by atoms with Crippen LogP contribution in [0.3, 0.4) is 0 Å². The normalized spacial score (nSPS) is 23.0. The van der Waals surface area contributed by atoms with Crippen LogP contribution in [0, 0.1) is 5.92 Å². The van der Waals surface area contributed by atoms with Crippen molar-refractivity contribution < 1.29 is 9.53 Å². The highest BCUT2D eigenvalue weighted by Crippen LogP contribution is 2.20. The molecule has 1 heterocycles. The van der Waals surface area contributed by atoms with Crippen molar-refractivity contribution in [2.75, 3.05) is 47.4 Å². The molecular weight excluding hydrogens is 254 g/mol. The van der Waals surface area contributed by atoms with E-state index in [1.807, 2.05) is 0 Å². The molecule has 1 unspecified atom stereocenters. The van der Waals surface area contributed by atoms with E-state index in [0.717, 1.165) is 19.0 Å². The summed E-state index contributed by atoms with van der Waals surface area (Å²) in [5, 5.41) is 3.39. The third-order valence-electron chi connectivity index (χ3n) is 4.40. The van der Waals surface area contributed by atoms with Gasteiger partial charge in [0, 0.05) is 19.1 Å². The lowest BCUT2D eigenvalue weighted by Crippen LogP contribution is -2.48.